The molecule has 35 heavy (non-hydrogen) atoms. The van der Waals surface area contributed by atoms with E-state index in [0.717, 1.165) is 16.8 Å². The number of hydrogen-bond donors (Lipinski definition) is 0. The molecule has 0 aromatic heterocycles. The smallest absolute Gasteiger partial charge is 0.245 e. The normalized spacial score (nSPS) is 19.7. The number of aryl methyl sites for hydroxylation is 2. The molecule has 0 bridgehead atoms. The fraction of sp³-hybridized carbons (Fsp3) is 0.308. The molecule has 186 valence electrons. The minimum Gasteiger partial charge on any atom is -0.378 e. The summed E-state index contributed by atoms with van der Waals surface area (Å²) in [6.07, 6.45) is -1.01. The van der Waals surface area contributed by atoms with Gasteiger partial charge in [0.05, 0.1) is 9.79 Å². The van der Waals surface area contributed by atoms with Gasteiger partial charge in [-0.2, -0.15) is 8.61 Å². The van der Waals surface area contributed by atoms with E-state index >= 15 is 0 Å². The van der Waals surface area contributed by atoms with Gasteiger partial charge in [-0.15, -0.1) is 0 Å². The van der Waals surface area contributed by atoms with Gasteiger partial charge >= 0.3 is 0 Å². The van der Waals surface area contributed by atoms with E-state index in [2.05, 4.69) is 0 Å². The van der Waals surface area contributed by atoms with Gasteiger partial charge in [0.25, 0.3) is 0 Å². The minimum absolute atomic E-state index is 0.0431. The third-order valence-electron chi connectivity index (χ3n) is 6.32. The number of sulfonamides is 2. The SMILES string of the molecule is Cc1ccc(S(=O)(=O)N2C[C@@H](C)N(S(=O)(=O)c3ccc(C)cc3)[C@H]2c2ccc(N(C)C)cc2)cc1. The Labute approximate surface area is 208 Å². The largest absolute Gasteiger partial charge is 0.378 e. The summed E-state index contributed by atoms with van der Waals surface area (Å²) in [5.74, 6) is 0. The molecule has 0 aliphatic carbocycles. The van der Waals surface area contributed by atoms with Crippen molar-refractivity contribution in [2.24, 2.45) is 0 Å². The summed E-state index contributed by atoms with van der Waals surface area (Å²) in [4.78, 5) is 2.21. The standard InChI is InChI=1S/C26H31N3O4S2/c1-19-6-14-24(15-7-19)34(30,31)28-18-21(3)29(35(32,33)25-16-8-20(2)9-17-25)26(28)22-10-12-23(13-11-22)27(4)5/h6-17,21,26H,18H2,1-5H3/t21-,26+/m1/s1. The fourth-order valence-corrected chi connectivity index (χ4v) is 7.81. The molecule has 1 aliphatic rings. The molecule has 7 nitrogen and oxygen atoms in total. The van der Waals surface area contributed by atoms with Gasteiger partial charge in [-0.25, -0.2) is 16.8 Å². The Morgan fingerprint density at radius 2 is 1.17 bits per heavy atom. The summed E-state index contributed by atoms with van der Waals surface area (Å²) in [6, 6.07) is 20.0. The van der Waals surface area contributed by atoms with Crippen LogP contribution in [0.2, 0.25) is 0 Å². The van der Waals surface area contributed by atoms with Gasteiger partial charge in [0.2, 0.25) is 20.0 Å². The van der Waals surface area contributed by atoms with Crippen LogP contribution < -0.4 is 4.90 Å². The molecule has 1 saturated heterocycles. The number of hydrogen-bond acceptors (Lipinski definition) is 5. The van der Waals surface area contributed by atoms with E-state index in [-0.39, 0.29) is 16.3 Å². The molecule has 3 aromatic carbocycles. The lowest BCUT2D eigenvalue weighted by atomic mass is 10.1. The van der Waals surface area contributed by atoms with Crippen LogP contribution >= 0.6 is 0 Å². The second kappa shape index (κ2) is 9.39. The molecular weight excluding hydrogens is 482 g/mol. The summed E-state index contributed by atoms with van der Waals surface area (Å²) in [5.41, 5.74) is 3.41. The number of nitrogens with zero attached hydrogens (tertiary/aromatic N) is 3. The van der Waals surface area contributed by atoms with Crippen molar-refractivity contribution in [2.45, 2.75) is 42.8 Å². The second-order valence-electron chi connectivity index (χ2n) is 9.24. The van der Waals surface area contributed by atoms with E-state index in [1.165, 1.54) is 8.61 Å². The molecule has 9 heteroatoms. The molecule has 3 aromatic rings. The predicted octanol–water partition coefficient (Wildman–Crippen LogP) is 4.15. The van der Waals surface area contributed by atoms with Crippen LogP contribution in [0.3, 0.4) is 0 Å². The quantitative estimate of drug-likeness (QED) is 0.495. The molecule has 1 fully saturated rings. The van der Waals surface area contributed by atoms with Crippen LogP contribution in [0, 0.1) is 13.8 Å². The first kappa shape index (κ1) is 25.4. The van der Waals surface area contributed by atoms with Gasteiger partial charge in [-0.3, -0.25) is 0 Å². The summed E-state index contributed by atoms with van der Waals surface area (Å²) < 4.78 is 58.0. The summed E-state index contributed by atoms with van der Waals surface area (Å²) >= 11 is 0. The summed E-state index contributed by atoms with van der Waals surface area (Å²) in [7, 11) is -4.15. The first-order valence-electron chi connectivity index (χ1n) is 11.4. The van der Waals surface area contributed by atoms with Crippen molar-refractivity contribution in [3.05, 3.63) is 89.5 Å². The molecule has 0 saturated carbocycles. The van der Waals surface area contributed by atoms with Gasteiger partial charge in [-0.05, 0) is 62.7 Å². The van der Waals surface area contributed by atoms with Crippen molar-refractivity contribution in [2.75, 3.05) is 25.5 Å². The van der Waals surface area contributed by atoms with Crippen molar-refractivity contribution in [3.8, 4) is 0 Å². The van der Waals surface area contributed by atoms with Crippen LogP contribution in [0.5, 0.6) is 0 Å². The molecule has 0 N–H and O–H groups in total. The van der Waals surface area contributed by atoms with Crippen LogP contribution in [0.1, 0.15) is 29.8 Å². The fourth-order valence-electron chi connectivity index (χ4n) is 4.34. The summed E-state index contributed by atoms with van der Waals surface area (Å²) in [5, 5.41) is 0. The molecule has 0 amide bonds. The zero-order valence-corrected chi connectivity index (χ0v) is 22.2. The van der Waals surface area contributed by atoms with Crippen LogP contribution in [-0.4, -0.2) is 52.1 Å². The van der Waals surface area contributed by atoms with Crippen molar-refractivity contribution in [3.63, 3.8) is 0 Å². The Balaban J connectivity index is 1.87. The predicted molar refractivity (Wildman–Crippen MR) is 138 cm³/mol. The van der Waals surface area contributed by atoms with E-state index in [0.29, 0.717) is 5.56 Å². The highest BCUT2D eigenvalue weighted by Gasteiger charge is 2.50. The van der Waals surface area contributed by atoms with Crippen molar-refractivity contribution < 1.29 is 16.8 Å². The Morgan fingerprint density at radius 1 is 0.714 bits per heavy atom. The first-order chi connectivity index (χ1) is 16.4. The lowest BCUT2D eigenvalue weighted by molar-refractivity contribution is 0.276. The maximum absolute atomic E-state index is 13.9. The van der Waals surface area contributed by atoms with Gasteiger partial charge in [-0.1, -0.05) is 47.5 Å². The van der Waals surface area contributed by atoms with E-state index in [1.54, 1.807) is 67.6 Å². The van der Waals surface area contributed by atoms with Crippen molar-refractivity contribution in [1.29, 1.82) is 0 Å². The molecule has 4 rings (SSSR count). The highest BCUT2D eigenvalue weighted by atomic mass is 32.2. The molecule has 1 heterocycles. The van der Waals surface area contributed by atoms with Crippen molar-refractivity contribution >= 4 is 25.7 Å². The van der Waals surface area contributed by atoms with Crippen LogP contribution in [0.25, 0.3) is 0 Å². The van der Waals surface area contributed by atoms with Crippen LogP contribution in [-0.2, 0) is 20.0 Å². The Morgan fingerprint density at radius 3 is 1.63 bits per heavy atom. The minimum atomic E-state index is -3.99. The first-order valence-corrected chi connectivity index (χ1v) is 14.3. The molecule has 0 unspecified atom stereocenters. The van der Waals surface area contributed by atoms with E-state index < -0.39 is 32.3 Å². The highest BCUT2D eigenvalue weighted by Crippen LogP contribution is 2.41. The Hall–Kier alpha value is -2.72. The molecule has 1 aliphatic heterocycles. The van der Waals surface area contributed by atoms with Gasteiger partial charge in [0, 0.05) is 32.4 Å². The average Bonchev–Trinajstić information content (AvgIpc) is 3.18. The molecule has 0 radical (unpaired) electrons. The maximum Gasteiger partial charge on any atom is 0.245 e. The Kier molecular flexibility index (Phi) is 6.80. The Bertz CT molecular complexity index is 1400. The van der Waals surface area contributed by atoms with Gasteiger partial charge in [0.1, 0.15) is 6.17 Å². The van der Waals surface area contributed by atoms with E-state index in [9.17, 15) is 16.8 Å². The molecule has 0 spiro atoms. The average molecular weight is 514 g/mol. The molecule has 2 atom stereocenters. The second-order valence-corrected chi connectivity index (χ2v) is 13.0. The van der Waals surface area contributed by atoms with Gasteiger partial charge < -0.3 is 4.90 Å². The lowest BCUT2D eigenvalue weighted by Crippen LogP contribution is -2.39. The van der Waals surface area contributed by atoms with Gasteiger partial charge in [0.15, 0.2) is 0 Å². The number of anilines is 1. The zero-order chi connectivity index (χ0) is 25.5. The van der Waals surface area contributed by atoms with E-state index in [1.807, 2.05) is 45.0 Å². The third-order valence-corrected chi connectivity index (χ3v) is 10.1. The maximum atomic E-state index is 13.9. The van der Waals surface area contributed by atoms with E-state index in [4.69, 9.17) is 0 Å². The van der Waals surface area contributed by atoms with Crippen LogP contribution in [0.4, 0.5) is 5.69 Å². The number of benzene rings is 3. The lowest BCUT2D eigenvalue weighted by Gasteiger charge is -2.31. The summed E-state index contributed by atoms with van der Waals surface area (Å²) in [6.45, 7) is 5.57. The topological polar surface area (TPSA) is 78.0 Å². The zero-order valence-electron chi connectivity index (χ0n) is 20.6. The number of rotatable bonds is 6. The highest BCUT2D eigenvalue weighted by molar-refractivity contribution is 7.90. The van der Waals surface area contributed by atoms with Crippen LogP contribution in [0.15, 0.2) is 82.6 Å². The monoisotopic (exact) mass is 513 g/mol. The molecular formula is C26H31N3O4S2. The third kappa shape index (κ3) is 4.73. The van der Waals surface area contributed by atoms with Crippen molar-refractivity contribution in [1.82, 2.24) is 8.61 Å².